The second kappa shape index (κ2) is 7.24. The lowest BCUT2D eigenvalue weighted by Gasteiger charge is -2.29. The molecule has 21 heavy (non-hydrogen) atoms. The second-order valence-corrected chi connectivity index (χ2v) is 7.32. The van der Waals surface area contributed by atoms with Gasteiger partial charge in [0.1, 0.15) is 4.90 Å². The molecule has 0 radical (unpaired) electrons. The molecule has 1 aromatic carbocycles. The zero-order valence-electron chi connectivity index (χ0n) is 12.5. The summed E-state index contributed by atoms with van der Waals surface area (Å²) in [5, 5.41) is 3.28. The van der Waals surface area contributed by atoms with Crippen molar-refractivity contribution >= 4 is 15.7 Å². The fourth-order valence-corrected chi connectivity index (χ4v) is 4.07. The first-order valence-electron chi connectivity index (χ1n) is 7.62. The summed E-state index contributed by atoms with van der Waals surface area (Å²) in [6, 6.07) is 7.22. The summed E-state index contributed by atoms with van der Waals surface area (Å²) >= 11 is 0. The van der Waals surface area contributed by atoms with Gasteiger partial charge in [-0.25, -0.2) is 13.1 Å². The number of rotatable bonds is 6. The lowest BCUT2D eigenvalue weighted by Crippen LogP contribution is -2.37. The van der Waals surface area contributed by atoms with Crippen molar-refractivity contribution in [3.8, 4) is 0 Å². The molecule has 0 spiro atoms. The van der Waals surface area contributed by atoms with E-state index in [1.807, 2.05) is 6.07 Å². The van der Waals surface area contributed by atoms with Crippen LogP contribution in [-0.4, -0.2) is 27.5 Å². The Balaban J connectivity index is 2.10. The highest BCUT2D eigenvalue weighted by atomic mass is 32.2. The highest BCUT2D eigenvalue weighted by Crippen LogP contribution is 2.25. The number of sulfonamides is 1. The first kappa shape index (κ1) is 16.3. The van der Waals surface area contributed by atoms with Gasteiger partial charge in [-0.15, -0.1) is 0 Å². The van der Waals surface area contributed by atoms with Crippen LogP contribution >= 0.6 is 0 Å². The molecule has 118 valence electrons. The van der Waals surface area contributed by atoms with Crippen LogP contribution in [0.3, 0.4) is 0 Å². The van der Waals surface area contributed by atoms with E-state index in [9.17, 15) is 8.42 Å². The first-order valence-corrected chi connectivity index (χ1v) is 9.11. The third-order valence-corrected chi connectivity index (χ3v) is 5.64. The summed E-state index contributed by atoms with van der Waals surface area (Å²) in [7, 11) is -3.45. The van der Waals surface area contributed by atoms with Crippen molar-refractivity contribution in [2.24, 2.45) is 11.7 Å². The van der Waals surface area contributed by atoms with E-state index in [2.05, 4.69) is 10.0 Å². The lowest BCUT2D eigenvalue weighted by molar-refractivity contribution is 0.321. The van der Waals surface area contributed by atoms with E-state index < -0.39 is 10.0 Å². The molecule has 1 saturated carbocycles. The van der Waals surface area contributed by atoms with Gasteiger partial charge in [0, 0.05) is 19.1 Å². The Kier molecular flexibility index (Phi) is 5.61. The molecule has 0 aromatic heterocycles. The molecule has 2 atom stereocenters. The number of hydrogen-bond donors (Lipinski definition) is 3. The summed E-state index contributed by atoms with van der Waals surface area (Å²) in [6.45, 7) is 2.87. The SMILES string of the molecule is CCNS(=O)(=O)c1ccccc1NCC1CCCCC1N. The third kappa shape index (κ3) is 4.18. The number of anilines is 1. The predicted molar refractivity (Wildman–Crippen MR) is 85.7 cm³/mol. The minimum absolute atomic E-state index is 0.212. The first-order chi connectivity index (χ1) is 10.0. The van der Waals surface area contributed by atoms with Gasteiger partial charge in [-0.2, -0.15) is 0 Å². The number of nitrogens with one attached hydrogen (secondary N) is 2. The van der Waals surface area contributed by atoms with Crippen LogP contribution in [0.15, 0.2) is 29.2 Å². The fraction of sp³-hybridized carbons (Fsp3) is 0.600. The summed E-state index contributed by atoms with van der Waals surface area (Å²) in [5.41, 5.74) is 6.79. The highest BCUT2D eigenvalue weighted by molar-refractivity contribution is 7.89. The van der Waals surface area contributed by atoms with Crippen LogP contribution < -0.4 is 15.8 Å². The number of nitrogens with two attached hydrogens (primary N) is 1. The van der Waals surface area contributed by atoms with E-state index in [0.717, 1.165) is 19.4 Å². The average molecular weight is 311 g/mol. The molecule has 0 amide bonds. The van der Waals surface area contributed by atoms with Crippen molar-refractivity contribution in [2.75, 3.05) is 18.4 Å². The number of benzene rings is 1. The third-order valence-electron chi connectivity index (χ3n) is 4.03. The zero-order valence-corrected chi connectivity index (χ0v) is 13.3. The minimum atomic E-state index is -3.45. The van der Waals surface area contributed by atoms with E-state index in [1.165, 1.54) is 12.8 Å². The van der Waals surface area contributed by atoms with Crippen LogP contribution in [0, 0.1) is 5.92 Å². The van der Waals surface area contributed by atoms with Gasteiger partial charge in [0.05, 0.1) is 5.69 Å². The Bertz CT molecular complexity index is 560. The minimum Gasteiger partial charge on any atom is -0.384 e. The second-order valence-electron chi connectivity index (χ2n) is 5.59. The van der Waals surface area contributed by atoms with Crippen molar-refractivity contribution in [1.29, 1.82) is 0 Å². The van der Waals surface area contributed by atoms with Crippen molar-refractivity contribution < 1.29 is 8.42 Å². The normalized spacial score (nSPS) is 23.0. The van der Waals surface area contributed by atoms with Gasteiger partial charge in [0.15, 0.2) is 0 Å². The molecule has 1 aliphatic carbocycles. The smallest absolute Gasteiger partial charge is 0.242 e. The van der Waals surface area contributed by atoms with Gasteiger partial charge in [0.2, 0.25) is 10.0 Å². The molecule has 1 aromatic rings. The molecule has 5 nitrogen and oxygen atoms in total. The largest absolute Gasteiger partial charge is 0.384 e. The molecular weight excluding hydrogens is 286 g/mol. The molecule has 1 aliphatic rings. The molecule has 0 bridgehead atoms. The molecule has 4 N–H and O–H groups in total. The quantitative estimate of drug-likeness (QED) is 0.749. The Morgan fingerprint density at radius 2 is 1.95 bits per heavy atom. The van der Waals surface area contributed by atoms with Gasteiger partial charge in [-0.1, -0.05) is 31.9 Å². The fourth-order valence-electron chi connectivity index (χ4n) is 2.85. The standard InChI is InChI=1S/C15H25N3O2S/c1-2-18-21(19,20)15-10-6-5-9-14(15)17-11-12-7-3-4-8-13(12)16/h5-6,9-10,12-13,17-18H,2-4,7-8,11,16H2,1H3. The Hall–Kier alpha value is -1.11. The molecule has 2 rings (SSSR count). The number of para-hydroxylation sites is 1. The molecule has 0 aliphatic heterocycles. The Morgan fingerprint density at radius 3 is 2.67 bits per heavy atom. The van der Waals surface area contributed by atoms with E-state index in [1.54, 1.807) is 25.1 Å². The number of hydrogen-bond acceptors (Lipinski definition) is 4. The lowest BCUT2D eigenvalue weighted by atomic mass is 9.85. The monoisotopic (exact) mass is 311 g/mol. The maximum atomic E-state index is 12.2. The van der Waals surface area contributed by atoms with E-state index in [4.69, 9.17) is 5.73 Å². The predicted octanol–water partition coefficient (Wildman–Crippen LogP) is 1.91. The van der Waals surface area contributed by atoms with Crippen LogP contribution in [0.5, 0.6) is 0 Å². The molecule has 0 saturated heterocycles. The highest BCUT2D eigenvalue weighted by Gasteiger charge is 2.23. The average Bonchev–Trinajstić information content (AvgIpc) is 2.47. The zero-order chi connectivity index (χ0) is 15.3. The van der Waals surface area contributed by atoms with Gasteiger partial charge in [0.25, 0.3) is 0 Å². The van der Waals surface area contributed by atoms with Crippen LogP contribution in [0.25, 0.3) is 0 Å². The van der Waals surface area contributed by atoms with Crippen LogP contribution in [0.4, 0.5) is 5.69 Å². The molecule has 6 heteroatoms. The Morgan fingerprint density at radius 1 is 1.24 bits per heavy atom. The summed E-state index contributed by atoms with van der Waals surface area (Å²) in [6.07, 6.45) is 4.57. The Labute approximate surface area is 127 Å². The van der Waals surface area contributed by atoms with Crippen LogP contribution in [0.1, 0.15) is 32.6 Å². The topological polar surface area (TPSA) is 84.2 Å². The van der Waals surface area contributed by atoms with Crippen molar-refractivity contribution in [3.05, 3.63) is 24.3 Å². The molecule has 0 heterocycles. The van der Waals surface area contributed by atoms with Gasteiger partial charge < -0.3 is 11.1 Å². The van der Waals surface area contributed by atoms with Gasteiger partial charge in [-0.05, 0) is 30.9 Å². The van der Waals surface area contributed by atoms with Gasteiger partial charge in [-0.3, -0.25) is 0 Å². The van der Waals surface area contributed by atoms with E-state index in [0.29, 0.717) is 23.0 Å². The maximum Gasteiger partial charge on any atom is 0.242 e. The van der Waals surface area contributed by atoms with E-state index >= 15 is 0 Å². The molecule has 2 unspecified atom stereocenters. The van der Waals surface area contributed by atoms with E-state index in [-0.39, 0.29) is 6.04 Å². The molecular formula is C15H25N3O2S. The van der Waals surface area contributed by atoms with Crippen molar-refractivity contribution in [2.45, 2.75) is 43.5 Å². The van der Waals surface area contributed by atoms with Gasteiger partial charge >= 0.3 is 0 Å². The molecule has 1 fully saturated rings. The summed E-state index contributed by atoms with van der Waals surface area (Å²) in [5.74, 6) is 0.411. The van der Waals surface area contributed by atoms with Crippen LogP contribution in [0.2, 0.25) is 0 Å². The maximum absolute atomic E-state index is 12.2. The summed E-state index contributed by atoms with van der Waals surface area (Å²) in [4.78, 5) is 0.302. The van der Waals surface area contributed by atoms with Crippen molar-refractivity contribution in [3.63, 3.8) is 0 Å². The summed E-state index contributed by atoms with van der Waals surface area (Å²) < 4.78 is 26.9. The van der Waals surface area contributed by atoms with Crippen LogP contribution in [-0.2, 0) is 10.0 Å². The van der Waals surface area contributed by atoms with Crippen molar-refractivity contribution in [1.82, 2.24) is 4.72 Å².